The van der Waals surface area contributed by atoms with Gasteiger partial charge in [-0.3, -0.25) is 4.79 Å². The maximum absolute atomic E-state index is 13.8. The largest absolute Gasteiger partial charge is 0.394 e. The Morgan fingerprint density at radius 1 is 0.854 bits per heavy atom. The van der Waals surface area contributed by atoms with Gasteiger partial charge in [0, 0.05) is 12.1 Å². The smallest absolute Gasteiger partial charge is 0.273 e. The second-order valence-corrected chi connectivity index (χ2v) is 13.6. The average Bonchev–Trinajstić information content (AvgIpc) is 3.75. The lowest BCUT2D eigenvalue weighted by Crippen LogP contribution is -2.56. The molecule has 1 amide bonds. The van der Waals surface area contributed by atoms with Crippen molar-refractivity contribution in [3.63, 3.8) is 0 Å². The summed E-state index contributed by atoms with van der Waals surface area (Å²) < 4.78 is 54.7. The minimum Gasteiger partial charge on any atom is -0.394 e. The summed E-state index contributed by atoms with van der Waals surface area (Å²) >= 11 is 0. The number of nitrogens with zero attached hydrogens (tertiary/aromatic N) is 6. The Hall–Kier alpha value is -2.86. The Bertz CT molecular complexity index is 1530. The molecule has 0 aliphatic carbocycles. The maximum atomic E-state index is 13.8. The summed E-state index contributed by atoms with van der Waals surface area (Å²) in [6.45, 7) is 1.05. The molecule has 264 valence electrons. The van der Waals surface area contributed by atoms with Gasteiger partial charge in [-0.15, -0.1) is 10.2 Å². The van der Waals surface area contributed by atoms with E-state index in [1.54, 1.807) is 0 Å². The number of rotatable bonds is 12. The third kappa shape index (κ3) is 7.49. The Balaban J connectivity index is 1.31. The monoisotopic (exact) mass is 721 g/mol. The van der Waals surface area contributed by atoms with Crippen LogP contribution in [-0.2, 0) is 9.47 Å². The lowest BCUT2D eigenvalue weighted by atomic mass is 9.97. The van der Waals surface area contributed by atoms with E-state index in [4.69, 9.17) is 9.47 Å². The first kappa shape index (κ1) is 36.4. The van der Waals surface area contributed by atoms with Crippen molar-refractivity contribution in [3.05, 3.63) is 47.7 Å². The second kappa shape index (κ2) is 15.8. The summed E-state index contributed by atoms with van der Waals surface area (Å²) in [7, 11) is 1.69. The quantitative estimate of drug-likeness (QED) is 0.0712. The molecule has 2 aromatic heterocycles. The highest BCUT2D eigenvalue weighted by Crippen LogP contribution is 2.45. The highest BCUT2D eigenvalue weighted by atomic mass is 33.1. The fraction of sp³-hybridized carbons (Fsp3) is 0.593. The number of aliphatic hydroxyl groups is 6. The number of hydrogen-bond donors (Lipinski definition) is 7. The number of benzene rings is 1. The summed E-state index contributed by atoms with van der Waals surface area (Å²) in [6, 6.07) is -1.11. The van der Waals surface area contributed by atoms with Gasteiger partial charge < -0.3 is 45.4 Å². The molecule has 16 nitrogen and oxygen atoms in total. The molecule has 2 saturated heterocycles. The number of aromatic nitrogens is 6. The molecule has 0 radical (unpaired) electrons. The Labute approximate surface area is 278 Å². The van der Waals surface area contributed by atoms with Crippen molar-refractivity contribution in [2.75, 3.05) is 19.8 Å². The van der Waals surface area contributed by atoms with Crippen molar-refractivity contribution in [2.45, 2.75) is 79.3 Å². The normalized spacial score (nSPS) is 30.8. The molecular weight excluding hydrogens is 687 g/mol. The molecule has 0 unspecified atom stereocenters. The SMILES string of the molecule is CCCCNC(=O)c1cn([C@H]2[C@@H](O)[C@@H](CO)O[C@@H](SS[C@@H]3O[C@H](CO)[C@H](O)[C@H](n4cc(-c5cc(F)c(F)c(F)c5)nn4)[C@H]3O)[C@@H]2O)nn1. The molecule has 0 saturated carbocycles. The van der Waals surface area contributed by atoms with Crippen LogP contribution in [0.3, 0.4) is 0 Å². The van der Waals surface area contributed by atoms with Gasteiger partial charge in [-0.2, -0.15) is 0 Å². The van der Waals surface area contributed by atoms with Crippen molar-refractivity contribution in [2.24, 2.45) is 0 Å². The van der Waals surface area contributed by atoms with E-state index >= 15 is 0 Å². The first-order chi connectivity index (χ1) is 23.0. The second-order valence-electron chi connectivity index (χ2n) is 11.1. The van der Waals surface area contributed by atoms with Crippen LogP contribution in [0.5, 0.6) is 0 Å². The molecule has 2 fully saturated rings. The molecule has 0 bridgehead atoms. The van der Waals surface area contributed by atoms with Crippen LogP contribution in [0.25, 0.3) is 11.3 Å². The van der Waals surface area contributed by atoms with Gasteiger partial charge in [0.1, 0.15) is 65.3 Å². The van der Waals surface area contributed by atoms with Crippen LogP contribution in [0.4, 0.5) is 13.2 Å². The van der Waals surface area contributed by atoms with Gasteiger partial charge in [0.05, 0.1) is 25.6 Å². The van der Waals surface area contributed by atoms with E-state index in [1.807, 2.05) is 6.92 Å². The van der Waals surface area contributed by atoms with Crippen LogP contribution >= 0.6 is 21.6 Å². The fourth-order valence-electron chi connectivity index (χ4n) is 5.28. The van der Waals surface area contributed by atoms with Crippen molar-refractivity contribution in [3.8, 4) is 11.3 Å². The zero-order chi connectivity index (χ0) is 34.7. The summed E-state index contributed by atoms with van der Waals surface area (Å²) in [5.74, 6) is -5.08. The molecule has 2 aliphatic rings. The third-order valence-corrected chi connectivity index (χ3v) is 10.6. The van der Waals surface area contributed by atoms with Gasteiger partial charge in [-0.1, -0.05) is 45.4 Å². The Kier molecular flexibility index (Phi) is 12.0. The Morgan fingerprint density at radius 2 is 1.38 bits per heavy atom. The number of carbonyl (C=O) groups excluding carboxylic acids is 1. The molecule has 4 heterocycles. The van der Waals surface area contributed by atoms with Crippen LogP contribution in [0, 0.1) is 17.5 Å². The van der Waals surface area contributed by atoms with E-state index < -0.39 is 96.2 Å². The van der Waals surface area contributed by atoms with Crippen LogP contribution in [0.1, 0.15) is 42.3 Å². The predicted molar refractivity (Wildman–Crippen MR) is 161 cm³/mol. The molecule has 2 aliphatic heterocycles. The molecular formula is C27H34F3N7O9S2. The van der Waals surface area contributed by atoms with Crippen molar-refractivity contribution in [1.82, 2.24) is 35.3 Å². The number of hydrogen-bond acceptors (Lipinski definition) is 15. The van der Waals surface area contributed by atoms with Crippen LogP contribution < -0.4 is 5.32 Å². The fourth-order valence-corrected chi connectivity index (χ4v) is 8.04. The number of unbranched alkanes of at least 4 members (excludes halogenated alkanes) is 1. The molecule has 21 heteroatoms. The molecule has 1 aromatic carbocycles. The van der Waals surface area contributed by atoms with Gasteiger partial charge in [0.15, 0.2) is 23.1 Å². The lowest BCUT2D eigenvalue weighted by Gasteiger charge is -2.43. The van der Waals surface area contributed by atoms with Gasteiger partial charge in [-0.05, 0) is 18.6 Å². The standard InChI is InChI=1S/C27H34F3N7O9S2/c1-2-3-4-31-25(44)15-8-37(35-33-15)20-22(41)17(10-39)46-27(24(20)43)48-47-26-23(42)19(21(40)16(9-38)45-26)36-7-14(32-34-36)11-5-12(28)18(30)13(29)6-11/h5-8,16-17,19-24,26-27,38-43H,2-4,9-10H2,1H3,(H,31,44)/t16-,17-,19+,20+,21+,22+,23-,24-,26+,27+/m1/s1. The van der Waals surface area contributed by atoms with E-state index in [1.165, 1.54) is 12.4 Å². The van der Waals surface area contributed by atoms with Gasteiger partial charge in [0.2, 0.25) is 0 Å². The zero-order valence-electron chi connectivity index (χ0n) is 25.2. The summed E-state index contributed by atoms with van der Waals surface area (Å²) in [4.78, 5) is 12.4. The molecule has 5 rings (SSSR count). The first-order valence-electron chi connectivity index (χ1n) is 14.8. The molecule has 0 spiro atoms. The number of amides is 1. The van der Waals surface area contributed by atoms with Crippen molar-refractivity contribution in [1.29, 1.82) is 0 Å². The summed E-state index contributed by atoms with van der Waals surface area (Å²) in [5, 5.41) is 82.2. The summed E-state index contributed by atoms with van der Waals surface area (Å²) in [5.41, 5.74) is -2.72. The van der Waals surface area contributed by atoms with E-state index in [0.717, 1.165) is 43.8 Å². The molecule has 7 N–H and O–H groups in total. The van der Waals surface area contributed by atoms with E-state index in [0.29, 0.717) is 18.7 Å². The average molecular weight is 722 g/mol. The zero-order valence-corrected chi connectivity index (χ0v) is 26.8. The first-order valence-corrected chi connectivity index (χ1v) is 17.1. The third-order valence-electron chi connectivity index (χ3n) is 7.90. The van der Waals surface area contributed by atoms with Crippen LogP contribution in [-0.4, -0.2) is 134 Å². The predicted octanol–water partition coefficient (Wildman–Crippen LogP) is -0.474. The number of nitrogens with one attached hydrogen (secondary N) is 1. The molecule has 3 aromatic rings. The van der Waals surface area contributed by atoms with Crippen molar-refractivity contribution < 1.29 is 58.1 Å². The number of carbonyl (C=O) groups is 1. The minimum absolute atomic E-state index is 0.0551. The minimum atomic E-state index is -1.67. The number of ether oxygens (including phenoxy) is 2. The van der Waals surface area contributed by atoms with E-state index in [2.05, 4.69) is 25.9 Å². The Morgan fingerprint density at radius 3 is 1.90 bits per heavy atom. The maximum Gasteiger partial charge on any atom is 0.273 e. The van der Waals surface area contributed by atoms with Gasteiger partial charge in [-0.25, -0.2) is 22.5 Å². The topological polar surface area (TPSA) is 230 Å². The van der Waals surface area contributed by atoms with Crippen molar-refractivity contribution >= 4 is 27.5 Å². The summed E-state index contributed by atoms with van der Waals surface area (Å²) in [6.07, 6.45) is -4.49. The molecule has 10 atom stereocenters. The van der Waals surface area contributed by atoms with Crippen LogP contribution in [0.15, 0.2) is 24.5 Å². The highest BCUT2D eigenvalue weighted by molar-refractivity contribution is 8.77. The number of halogens is 3. The van der Waals surface area contributed by atoms with Crippen LogP contribution in [0.2, 0.25) is 0 Å². The van der Waals surface area contributed by atoms with E-state index in [-0.39, 0.29) is 17.0 Å². The van der Waals surface area contributed by atoms with E-state index in [9.17, 15) is 48.6 Å². The molecule has 48 heavy (non-hydrogen) atoms. The number of aliphatic hydroxyl groups excluding tert-OH is 6. The lowest BCUT2D eigenvalue weighted by molar-refractivity contribution is -0.179. The highest BCUT2D eigenvalue weighted by Gasteiger charge is 2.50. The van der Waals surface area contributed by atoms with Gasteiger partial charge >= 0.3 is 0 Å². The van der Waals surface area contributed by atoms with Gasteiger partial charge in [0.25, 0.3) is 5.91 Å².